The fourth-order valence-corrected chi connectivity index (χ4v) is 2.47. The number of ether oxygens (including phenoxy) is 2. The minimum Gasteiger partial charge on any atom is -0.494 e. The van der Waals surface area contributed by atoms with Crippen LogP contribution in [0.5, 0.6) is 5.75 Å². The van der Waals surface area contributed by atoms with E-state index < -0.39 is 17.9 Å². The van der Waals surface area contributed by atoms with Crippen LogP contribution in [-0.4, -0.2) is 25.7 Å². The van der Waals surface area contributed by atoms with Crippen molar-refractivity contribution in [1.29, 1.82) is 0 Å². The second-order valence-electron chi connectivity index (χ2n) is 5.37. The van der Waals surface area contributed by atoms with Crippen LogP contribution in [0.15, 0.2) is 36.5 Å². The van der Waals surface area contributed by atoms with E-state index in [0.717, 1.165) is 24.2 Å². The lowest BCUT2D eigenvalue weighted by molar-refractivity contribution is -0.145. The summed E-state index contributed by atoms with van der Waals surface area (Å²) >= 11 is 0. The van der Waals surface area contributed by atoms with Crippen molar-refractivity contribution >= 4 is 12.0 Å². The maximum Gasteiger partial charge on any atom is 0.319 e. The van der Waals surface area contributed by atoms with Gasteiger partial charge in [0.05, 0.1) is 19.8 Å². The Morgan fingerprint density at radius 3 is 2.61 bits per heavy atom. The molecule has 0 aliphatic carbocycles. The third-order valence-electron chi connectivity index (χ3n) is 3.73. The summed E-state index contributed by atoms with van der Waals surface area (Å²) in [4.78, 5) is 23.7. The molecule has 1 aromatic rings. The molecule has 1 heterocycles. The summed E-state index contributed by atoms with van der Waals surface area (Å²) in [7, 11) is 1.31. The first-order valence-corrected chi connectivity index (χ1v) is 7.63. The van der Waals surface area contributed by atoms with Crippen molar-refractivity contribution in [2.24, 2.45) is 5.92 Å². The van der Waals surface area contributed by atoms with E-state index in [0.29, 0.717) is 12.3 Å². The molecule has 1 fully saturated rings. The van der Waals surface area contributed by atoms with Gasteiger partial charge in [0.1, 0.15) is 11.7 Å². The Labute approximate surface area is 135 Å². The van der Waals surface area contributed by atoms with Gasteiger partial charge < -0.3 is 20.1 Å². The first-order chi connectivity index (χ1) is 11.1. The van der Waals surface area contributed by atoms with Crippen molar-refractivity contribution < 1.29 is 19.1 Å². The van der Waals surface area contributed by atoms with Crippen LogP contribution in [0, 0.1) is 5.92 Å². The number of urea groups is 1. The summed E-state index contributed by atoms with van der Waals surface area (Å²) in [5.41, 5.74) is 1.12. The topological polar surface area (TPSA) is 76.7 Å². The number of amides is 2. The lowest BCUT2D eigenvalue weighted by Crippen LogP contribution is -2.50. The third-order valence-corrected chi connectivity index (χ3v) is 3.73. The third kappa shape index (κ3) is 4.03. The smallest absolute Gasteiger partial charge is 0.319 e. The largest absolute Gasteiger partial charge is 0.494 e. The van der Waals surface area contributed by atoms with Gasteiger partial charge in [-0.1, -0.05) is 32.1 Å². The SMILES string of the molecule is C=C1NC(=O)N[C@H](c2ccc(OCCCC)cc2)[C@H]1C(=O)OC. The molecule has 2 N–H and O–H groups in total. The summed E-state index contributed by atoms with van der Waals surface area (Å²) in [5, 5.41) is 5.27. The van der Waals surface area contributed by atoms with Gasteiger partial charge in [0.25, 0.3) is 0 Å². The molecule has 6 heteroatoms. The molecule has 1 saturated heterocycles. The number of unbranched alkanes of at least 4 members (excludes halogenated alkanes) is 1. The Morgan fingerprint density at radius 1 is 1.30 bits per heavy atom. The Kier molecular flexibility index (Phi) is 5.62. The van der Waals surface area contributed by atoms with E-state index in [2.05, 4.69) is 24.1 Å². The molecule has 0 aromatic heterocycles. The highest BCUT2D eigenvalue weighted by Gasteiger charge is 2.38. The molecular weight excluding hydrogens is 296 g/mol. The van der Waals surface area contributed by atoms with Crippen LogP contribution in [0.25, 0.3) is 0 Å². The van der Waals surface area contributed by atoms with Crippen molar-refractivity contribution in [1.82, 2.24) is 10.6 Å². The number of esters is 1. The molecule has 1 aliphatic rings. The second-order valence-corrected chi connectivity index (χ2v) is 5.37. The van der Waals surface area contributed by atoms with Gasteiger partial charge in [0.2, 0.25) is 0 Å². The molecule has 2 atom stereocenters. The average molecular weight is 318 g/mol. The summed E-state index contributed by atoms with van der Waals surface area (Å²) in [6, 6.07) is 6.42. The highest BCUT2D eigenvalue weighted by molar-refractivity contribution is 5.85. The number of methoxy groups -OCH3 is 1. The summed E-state index contributed by atoms with van der Waals surface area (Å²) in [6.07, 6.45) is 2.07. The van der Waals surface area contributed by atoms with Crippen LogP contribution in [0.2, 0.25) is 0 Å². The van der Waals surface area contributed by atoms with Gasteiger partial charge in [-0.2, -0.15) is 0 Å². The van der Waals surface area contributed by atoms with Crippen molar-refractivity contribution in [2.45, 2.75) is 25.8 Å². The fourth-order valence-electron chi connectivity index (χ4n) is 2.47. The van der Waals surface area contributed by atoms with E-state index in [1.165, 1.54) is 7.11 Å². The molecule has 2 amide bonds. The monoisotopic (exact) mass is 318 g/mol. The molecule has 23 heavy (non-hydrogen) atoms. The minimum absolute atomic E-state index is 0.328. The van der Waals surface area contributed by atoms with Crippen LogP contribution in [0.1, 0.15) is 31.4 Å². The molecule has 0 unspecified atom stereocenters. The van der Waals surface area contributed by atoms with Crippen LogP contribution in [-0.2, 0) is 9.53 Å². The number of rotatable bonds is 6. The van der Waals surface area contributed by atoms with Gasteiger partial charge in [0.15, 0.2) is 0 Å². The average Bonchev–Trinajstić information content (AvgIpc) is 2.54. The van der Waals surface area contributed by atoms with Crippen LogP contribution < -0.4 is 15.4 Å². The van der Waals surface area contributed by atoms with Crippen molar-refractivity contribution in [2.75, 3.05) is 13.7 Å². The van der Waals surface area contributed by atoms with Gasteiger partial charge in [-0.25, -0.2) is 4.79 Å². The number of hydrogen-bond donors (Lipinski definition) is 2. The molecule has 2 rings (SSSR count). The summed E-state index contributed by atoms with van der Waals surface area (Å²) in [5.74, 6) is -0.365. The zero-order valence-corrected chi connectivity index (χ0v) is 13.4. The van der Waals surface area contributed by atoms with Crippen LogP contribution in [0.4, 0.5) is 4.79 Å². The first kappa shape index (κ1) is 16.9. The molecule has 0 radical (unpaired) electrons. The number of nitrogens with one attached hydrogen (secondary N) is 2. The van der Waals surface area contributed by atoms with Gasteiger partial charge >= 0.3 is 12.0 Å². The first-order valence-electron chi connectivity index (χ1n) is 7.63. The molecule has 0 saturated carbocycles. The number of carbonyl (C=O) groups excluding carboxylic acids is 2. The predicted molar refractivity (Wildman–Crippen MR) is 85.9 cm³/mol. The second kappa shape index (κ2) is 7.67. The Hall–Kier alpha value is -2.50. The number of benzene rings is 1. The summed E-state index contributed by atoms with van der Waals surface area (Å²) < 4.78 is 10.4. The molecule has 1 aromatic carbocycles. The predicted octanol–water partition coefficient (Wildman–Crippen LogP) is 2.52. The van der Waals surface area contributed by atoms with Crippen molar-refractivity contribution in [3.05, 3.63) is 42.1 Å². The standard InChI is InChI=1S/C17H22N2O4/c1-4-5-10-23-13-8-6-12(7-9-13)15-14(16(20)22-3)11(2)18-17(21)19-15/h6-9,14-15H,2,4-5,10H2,1,3H3,(H2,18,19,21)/t14-,15+/m0/s1. The van der Waals surface area contributed by atoms with E-state index in [1.807, 2.05) is 24.3 Å². The van der Waals surface area contributed by atoms with E-state index in [-0.39, 0.29) is 6.03 Å². The molecule has 6 nitrogen and oxygen atoms in total. The number of hydrogen-bond acceptors (Lipinski definition) is 4. The van der Waals surface area contributed by atoms with Gasteiger partial charge in [-0.05, 0) is 24.1 Å². The maximum absolute atomic E-state index is 12.0. The van der Waals surface area contributed by atoms with Gasteiger partial charge in [0, 0.05) is 5.70 Å². The van der Waals surface area contributed by atoms with E-state index in [4.69, 9.17) is 9.47 Å². The minimum atomic E-state index is -0.676. The van der Waals surface area contributed by atoms with E-state index >= 15 is 0 Å². The maximum atomic E-state index is 12.0. The lowest BCUT2D eigenvalue weighted by atomic mass is 9.89. The summed E-state index contributed by atoms with van der Waals surface area (Å²) in [6.45, 7) is 6.53. The van der Waals surface area contributed by atoms with Crippen LogP contribution >= 0.6 is 0 Å². The Balaban J connectivity index is 2.17. The zero-order chi connectivity index (χ0) is 16.8. The molecule has 124 valence electrons. The lowest BCUT2D eigenvalue weighted by Gasteiger charge is -2.33. The number of carbonyl (C=O) groups is 2. The highest BCUT2D eigenvalue weighted by Crippen LogP contribution is 2.31. The Morgan fingerprint density at radius 2 is 2.00 bits per heavy atom. The van der Waals surface area contributed by atoms with Crippen LogP contribution in [0.3, 0.4) is 0 Å². The van der Waals surface area contributed by atoms with Gasteiger partial charge in [-0.3, -0.25) is 4.79 Å². The molecular formula is C17H22N2O4. The molecule has 0 bridgehead atoms. The fraction of sp³-hybridized carbons (Fsp3) is 0.412. The highest BCUT2D eigenvalue weighted by atomic mass is 16.5. The van der Waals surface area contributed by atoms with Gasteiger partial charge in [-0.15, -0.1) is 0 Å². The zero-order valence-electron chi connectivity index (χ0n) is 13.4. The molecule has 1 aliphatic heterocycles. The normalized spacial score (nSPS) is 20.4. The van der Waals surface area contributed by atoms with Crippen molar-refractivity contribution in [3.63, 3.8) is 0 Å². The van der Waals surface area contributed by atoms with Crippen molar-refractivity contribution in [3.8, 4) is 5.75 Å². The quantitative estimate of drug-likeness (QED) is 0.624. The Bertz CT molecular complexity index is 583. The van der Waals surface area contributed by atoms with E-state index in [1.54, 1.807) is 0 Å². The van der Waals surface area contributed by atoms with E-state index in [9.17, 15) is 9.59 Å². The molecule has 0 spiro atoms.